The molecule has 1 aliphatic heterocycles. The highest BCUT2D eigenvalue weighted by Crippen LogP contribution is 2.33. The smallest absolute Gasteiger partial charge is 0.341 e. The maximum Gasteiger partial charge on any atom is 0.341 e. The predicted molar refractivity (Wildman–Crippen MR) is 84.0 cm³/mol. The highest BCUT2D eigenvalue weighted by molar-refractivity contribution is 7.16. The topological polar surface area (TPSA) is 67.4 Å². The lowest BCUT2D eigenvalue weighted by atomic mass is 10.0. The van der Waals surface area contributed by atoms with Gasteiger partial charge in [0, 0.05) is 11.3 Å². The first-order valence-electron chi connectivity index (χ1n) is 7.21. The van der Waals surface area contributed by atoms with Gasteiger partial charge in [0.1, 0.15) is 5.00 Å². The van der Waals surface area contributed by atoms with Gasteiger partial charge in [0.15, 0.2) is 0 Å². The normalized spacial score (nSPS) is 17.8. The lowest BCUT2D eigenvalue weighted by molar-refractivity contribution is -0.116. The largest absolute Gasteiger partial charge is 0.465 e. The third kappa shape index (κ3) is 3.83. The van der Waals surface area contributed by atoms with Crippen molar-refractivity contribution in [2.45, 2.75) is 33.1 Å². The van der Waals surface area contributed by atoms with Gasteiger partial charge in [-0.1, -0.05) is 0 Å². The Morgan fingerprint density at radius 1 is 1.43 bits per heavy atom. The number of esters is 1. The van der Waals surface area contributed by atoms with Crippen LogP contribution < -0.4 is 10.6 Å². The van der Waals surface area contributed by atoms with Gasteiger partial charge in [0.2, 0.25) is 5.91 Å². The Labute approximate surface area is 129 Å². The maximum atomic E-state index is 12.1. The van der Waals surface area contributed by atoms with Crippen molar-refractivity contribution in [1.82, 2.24) is 5.32 Å². The zero-order valence-corrected chi connectivity index (χ0v) is 13.6. The molecular formula is C15H22N2O3S. The van der Waals surface area contributed by atoms with Gasteiger partial charge >= 0.3 is 5.97 Å². The summed E-state index contributed by atoms with van der Waals surface area (Å²) < 4.78 is 4.80. The number of nitrogens with one attached hydrogen (secondary N) is 2. The molecule has 2 heterocycles. The minimum Gasteiger partial charge on any atom is -0.465 e. The summed E-state index contributed by atoms with van der Waals surface area (Å²) in [4.78, 5) is 24.9. The summed E-state index contributed by atoms with van der Waals surface area (Å²) in [5.41, 5.74) is 1.36. The fourth-order valence-corrected chi connectivity index (χ4v) is 3.61. The van der Waals surface area contributed by atoms with Gasteiger partial charge in [-0.3, -0.25) is 4.79 Å². The molecule has 1 aromatic heterocycles. The summed E-state index contributed by atoms with van der Waals surface area (Å²) in [6.07, 6.45) is 2.51. The minimum absolute atomic E-state index is 0.0340. The first-order chi connectivity index (χ1) is 10.0. The lowest BCUT2D eigenvalue weighted by Gasteiger charge is -2.09. The van der Waals surface area contributed by atoms with E-state index in [0.717, 1.165) is 36.4 Å². The Kier molecular flexibility index (Phi) is 5.36. The van der Waals surface area contributed by atoms with Crippen LogP contribution >= 0.6 is 11.3 Å². The van der Waals surface area contributed by atoms with E-state index in [4.69, 9.17) is 4.74 Å². The van der Waals surface area contributed by atoms with E-state index >= 15 is 0 Å². The Hall–Kier alpha value is -1.40. The number of aryl methyl sites for hydroxylation is 1. The number of hydrogen-bond acceptors (Lipinski definition) is 5. The summed E-state index contributed by atoms with van der Waals surface area (Å²) in [6, 6.07) is 0. The van der Waals surface area contributed by atoms with Crippen LogP contribution in [0.15, 0.2) is 0 Å². The number of carbonyl (C=O) groups excluding carboxylic acids is 2. The Balaban J connectivity index is 1.99. The van der Waals surface area contributed by atoms with Gasteiger partial charge in [-0.15, -0.1) is 11.3 Å². The van der Waals surface area contributed by atoms with Crippen LogP contribution in [-0.2, 0) is 9.53 Å². The molecular weight excluding hydrogens is 288 g/mol. The molecule has 0 radical (unpaired) electrons. The molecule has 21 heavy (non-hydrogen) atoms. The SMILES string of the molecule is COC(=O)c1c(NC(=O)CCC2CCNC2)sc(C)c1C. The van der Waals surface area contributed by atoms with Crippen LogP contribution in [0, 0.1) is 19.8 Å². The van der Waals surface area contributed by atoms with Crippen LogP contribution in [0.1, 0.15) is 40.1 Å². The number of anilines is 1. The molecule has 1 unspecified atom stereocenters. The summed E-state index contributed by atoms with van der Waals surface area (Å²) in [5, 5.41) is 6.77. The Bertz CT molecular complexity index is 533. The third-order valence-electron chi connectivity index (χ3n) is 3.97. The lowest BCUT2D eigenvalue weighted by Crippen LogP contribution is -2.16. The van der Waals surface area contributed by atoms with Crippen LogP contribution in [-0.4, -0.2) is 32.1 Å². The summed E-state index contributed by atoms with van der Waals surface area (Å²) in [5.74, 6) is 0.156. The van der Waals surface area contributed by atoms with Crippen LogP contribution in [0.4, 0.5) is 5.00 Å². The number of hydrogen-bond donors (Lipinski definition) is 2. The van der Waals surface area contributed by atoms with Crippen LogP contribution in [0.2, 0.25) is 0 Å². The zero-order chi connectivity index (χ0) is 15.4. The van der Waals surface area contributed by atoms with Crippen molar-refractivity contribution < 1.29 is 14.3 Å². The van der Waals surface area contributed by atoms with E-state index in [9.17, 15) is 9.59 Å². The molecule has 0 spiro atoms. The van der Waals surface area contributed by atoms with Crippen molar-refractivity contribution in [2.75, 3.05) is 25.5 Å². The van der Waals surface area contributed by atoms with Crippen molar-refractivity contribution in [1.29, 1.82) is 0 Å². The van der Waals surface area contributed by atoms with Crippen LogP contribution in [0.5, 0.6) is 0 Å². The van der Waals surface area contributed by atoms with Crippen LogP contribution in [0.25, 0.3) is 0 Å². The number of thiophene rings is 1. The molecule has 0 aliphatic carbocycles. The number of methoxy groups -OCH3 is 1. The number of amides is 1. The second-order valence-corrected chi connectivity index (χ2v) is 6.65. The van der Waals surface area contributed by atoms with Gasteiger partial charge in [0.05, 0.1) is 12.7 Å². The number of carbonyl (C=O) groups is 2. The van der Waals surface area contributed by atoms with Gasteiger partial charge < -0.3 is 15.4 Å². The summed E-state index contributed by atoms with van der Waals surface area (Å²) in [7, 11) is 1.35. The molecule has 1 aliphatic rings. The highest BCUT2D eigenvalue weighted by atomic mass is 32.1. The molecule has 116 valence electrons. The van der Waals surface area contributed by atoms with Crippen molar-refractivity contribution in [3.8, 4) is 0 Å². The molecule has 1 fully saturated rings. The van der Waals surface area contributed by atoms with Crippen molar-refractivity contribution in [3.05, 3.63) is 16.0 Å². The minimum atomic E-state index is -0.396. The zero-order valence-electron chi connectivity index (χ0n) is 12.7. The van der Waals surface area contributed by atoms with Crippen LogP contribution in [0.3, 0.4) is 0 Å². The monoisotopic (exact) mass is 310 g/mol. The molecule has 1 saturated heterocycles. The van der Waals surface area contributed by atoms with E-state index < -0.39 is 5.97 Å². The fourth-order valence-electron chi connectivity index (χ4n) is 2.55. The molecule has 0 saturated carbocycles. The summed E-state index contributed by atoms with van der Waals surface area (Å²) >= 11 is 1.43. The quantitative estimate of drug-likeness (QED) is 0.820. The molecule has 5 nitrogen and oxygen atoms in total. The average Bonchev–Trinajstić information content (AvgIpc) is 3.06. The molecule has 1 amide bonds. The van der Waals surface area contributed by atoms with Crippen molar-refractivity contribution >= 4 is 28.2 Å². The standard InChI is InChI=1S/C15H22N2O3S/c1-9-10(2)21-14(13(9)15(19)20-3)17-12(18)5-4-11-6-7-16-8-11/h11,16H,4-8H2,1-3H3,(H,17,18). The van der Waals surface area contributed by atoms with Gasteiger partial charge in [-0.2, -0.15) is 0 Å². The second-order valence-electron chi connectivity index (χ2n) is 5.42. The molecule has 2 rings (SSSR count). The van der Waals surface area contributed by atoms with E-state index in [1.165, 1.54) is 18.4 Å². The highest BCUT2D eigenvalue weighted by Gasteiger charge is 2.22. The Morgan fingerprint density at radius 3 is 2.81 bits per heavy atom. The fraction of sp³-hybridized carbons (Fsp3) is 0.600. The van der Waals surface area contributed by atoms with E-state index in [-0.39, 0.29) is 5.91 Å². The van der Waals surface area contributed by atoms with E-state index in [1.54, 1.807) is 0 Å². The molecule has 6 heteroatoms. The van der Waals surface area contributed by atoms with E-state index in [0.29, 0.717) is 22.9 Å². The van der Waals surface area contributed by atoms with Gasteiger partial charge in [0.25, 0.3) is 0 Å². The number of ether oxygens (including phenoxy) is 1. The van der Waals surface area contributed by atoms with E-state index in [2.05, 4.69) is 10.6 Å². The van der Waals surface area contributed by atoms with Crippen molar-refractivity contribution in [2.24, 2.45) is 5.92 Å². The molecule has 1 atom stereocenters. The first kappa shape index (κ1) is 16.0. The summed E-state index contributed by atoms with van der Waals surface area (Å²) in [6.45, 7) is 5.85. The molecule has 0 aromatic carbocycles. The average molecular weight is 310 g/mol. The maximum absolute atomic E-state index is 12.1. The van der Waals surface area contributed by atoms with E-state index in [1.807, 2.05) is 13.8 Å². The predicted octanol–water partition coefficient (Wildman–Crippen LogP) is 2.48. The molecule has 2 N–H and O–H groups in total. The van der Waals surface area contributed by atoms with Gasteiger partial charge in [-0.25, -0.2) is 4.79 Å². The Morgan fingerprint density at radius 2 is 2.19 bits per heavy atom. The third-order valence-corrected chi connectivity index (χ3v) is 5.09. The molecule has 0 bridgehead atoms. The molecule has 1 aromatic rings. The second kappa shape index (κ2) is 7.04. The number of rotatable bonds is 5. The first-order valence-corrected chi connectivity index (χ1v) is 8.03. The van der Waals surface area contributed by atoms with Crippen molar-refractivity contribution in [3.63, 3.8) is 0 Å². The van der Waals surface area contributed by atoms with Gasteiger partial charge in [-0.05, 0) is 51.3 Å².